The standard InChI is InChI=1S/C16H20F2N2O3/c17-16(18)23-14-9-5-4-6-12(14)10-19-22-11-15(21)20-13-7-2-1-3-8-13/h4-6,9-10,13,16H,1-3,7-8,11H2,(H,20,21). The maximum Gasteiger partial charge on any atom is 0.387 e. The molecule has 0 saturated heterocycles. The summed E-state index contributed by atoms with van der Waals surface area (Å²) in [4.78, 5) is 16.6. The molecule has 126 valence electrons. The summed E-state index contributed by atoms with van der Waals surface area (Å²) in [7, 11) is 0. The average Bonchev–Trinajstić information content (AvgIpc) is 2.53. The van der Waals surface area contributed by atoms with Gasteiger partial charge in [-0.15, -0.1) is 0 Å². The first-order valence-corrected chi connectivity index (χ1v) is 7.63. The van der Waals surface area contributed by atoms with Crippen LogP contribution in [-0.2, 0) is 9.63 Å². The maximum atomic E-state index is 12.3. The van der Waals surface area contributed by atoms with Crippen LogP contribution < -0.4 is 10.1 Å². The van der Waals surface area contributed by atoms with Crippen LogP contribution in [0.15, 0.2) is 29.4 Å². The van der Waals surface area contributed by atoms with Gasteiger partial charge in [-0.05, 0) is 25.0 Å². The smallest absolute Gasteiger partial charge is 0.387 e. The molecule has 23 heavy (non-hydrogen) atoms. The molecule has 1 aromatic rings. The van der Waals surface area contributed by atoms with E-state index in [-0.39, 0.29) is 24.3 Å². The summed E-state index contributed by atoms with van der Waals surface area (Å²) < 4.78 is 28.9. The summed E-state index contributed by atoms with van der Waals surface area (Å²) >= 11 is 0. The third kappa shape index (κ3) is 6.22. The normalized spacial score (nSPS) is 15.8. The van der Waals surface area contributed by atoms with E-state index in [9.17, 15) is 13.6 Å². The number of carbonyl (C=O) groups excluding carboxylic acids is 1. The minimum atomic E-state index is -2.91. The average molecular weight is 326 g/mol. The second-order valence-electron chi connectivity index (χ2n) is 5.33. The minimum absolute atomic E-state index is 0.00140. The zero-order chi connectivity index (χ0) is 16.5. The van der Waals surface area contributed by atoms with Gasteiger partial charge in [0.05, 0.1) is 6.21 Å². The van der Waals surface area contributed by atoms with E-state index in [0.29, 0.717) is 5.56 Å². The lowest BCUT2D eigenvalue weighted by Crippen LogP contribution is -2.38. The first kappa shape index (κ1) is 17.2. The maximum absolute atomic E-state index is 12.3. The van der Waals surface area contributed by atoms with Gasteiger partial charge < -0.3 is 14.9 Å². The second-order valence-corrected chi connectivity index (χ2v) is 5.33. The SMILES string of the molecule is O=C(CON=Cc1ccccc1OC(F)F)NC1CCCCC1. The lowest BCUT2D eigenvalue weighted by molar-refractivity contribution is -0.126. The monoisotopic (exact) mass is 326 g/mol. The van der Waals surface area contributed by atoms with E-state index in [1.54, 1.807) is 18.2 Å². The molecular formula is C16H20F2N2O3. The molecule has 2 rings (SSSR count). The van der Waals surface area contributed by atoms with Crippen molar-refractivity contribution in [3.8, 4) is 5.75 Å². The Kier molecular flexibility index (Phi) is 6.77. The number of hydrogen-bond donors (Lipinski definition) is 1. The van der Waals surface area contributed by atoms with E-state index in [0.717, 1.165) is 25.7 Å². The molecular weight excluding hydrogens is 306 g/mol. The fourth-order valence-electron chi connectivity index (χ4n) is 2.50. The van der Waals surface area contributed by atoms with Gasteiger partial charge in [0.1, 0.15) is 5.75 Å². The van der Waals surface area contributed by atoms with Crippen molar-refractivity contribution in [3.05, 3.63) is 29.8 Å². The first-order valence-electron chi connectivity index (χ1n) is 7.63. The van der Waals surface area contributed by atoms with Gasteiger partial charge in [-0.1, -0.05) is 36.6 Å². The topological polar surface area (TPSA) is 59.9 Å². The van der Waals surface area contributed by atoms with E-state index in [4.69, 9.17) is 4.84 Å². The molecule has 5 nitrogen and oxygen atoms in total. The molecule has 0 aliphatic heterocycles. The third-order valence-electron chi connectivity index (χ3n) is 3.57. The number of hydrogen-bond acceptors (Lipinski definition) is 4. The van der Waals surface area contributed by atoms with Crippen molar-refractivity contribution in [2.75, 3.05) is 6.61 Å². The highest BCUT2D eigenvalue weighted by Gasteiger charge is 2.15. The van der Waals surface area contributed by atoms with Crippen molar-refractivity contribution in [1.29, 1.82) is 0 Å². The summed E-state index contributed by atoms with van der Waals surface area (Å²) in [5, 5.41) is 6.53. The van der Waals surface area contributed by atoms with Crippen molar-refractivity contribution in [1.82, 2.24) is 5.32 Å². The molecule has 0 radical (unpaired) electrons. The number of alkyl halides is 2. The molecule has 0 unspecified atom stereocenters. The lowest BCUT2D eigenvalue weighted by Gasteiger charge is -2.22. The Bertz CT molecular complexity index is 532. The van der Waals surface area contributed by atoms with Gasteiger partial charge in [0.15, 0.2) is 6.61 Å². The van der Waals surface area contributed by atoms with E-state index in [1.165, 1.54) is 18.7 Å². The number of para-hydroxylation sites is 1. The van der Waals surface area contributed by atoms with Gasteiger partial charge in [-0.3, -0.25) is 4.79 Å². The molecule has 7 heteroatoms. The Hall–Kier alpha value is -2.18. The predicted molar refractivity (Wildman–Crippen MR) is 81.6 cm³/mol. The van der Waals surface area contributed by atoms with Crippen LogP contribution in [0.25, 0.3) is 0 Å². The fraction of sp³-hybridized carbons (Fsp3) is 0.500. The van der Waals surface area contributed by atoms with E-state index in [1.807, 2.05) is 0 Å². The van der Waals surface area contributed by atoms with Crippen LogP contribution in [0.1, 0.15) is 37.7 Å². The number of benzene rings is 1. The summed E-state index contributed by atoms with van der Waals surface area (Å²) in [6.07, 6.45) is 6.70. The molecule has 0 spiro atoms. The zero-order valence-corrected chi connectivity index (χ0v) is 12.7. The van der Waals surface area contributed by atoms with Crippen LogP contribution >= 0.6 is 0 Å². The van der Waals surface area contributed by atoms with E-state index < -0.39 is 6.61 Å². The van der Waals surface area contributed by atoms with Crippen molar-refractivity contribution < 1.29 is 23.1 Å². The van der Waals surface area contributed by atoms with Crippen molar-refractivity contribution in [3.63, 3.8) is 0 Å². The Morgan fingerprint density at radius 3 is 2.78 bits per heavy atom. The number of oxime groups is 1. The molecule has 0 bridgehead atoms. The Morgan fingerprint density at radius 1 is 1.30 bits per heavy atom. The molecule has 0 heterocycles. The van der Waals surface area contributed by atoms with Crippen molar-refractivity contribution in [2.45, 2.75) is 44.8 Å². The number of ether oxygens (including phenoxy) is 1. The van der Waals surface area contributed by atoms with Gasteiger partial charge in [-0.25, -0.2) is 0 Å². The molecule has 1 saturated carbocycles. The number of rotatable bonds is 7. The molecule has 0 atom stereocenters. The molecule has 1 N–H and O–H groups in total. The van der Waals surface area contributed by atoms with Gasteiger partial charge >= 0.3 is 6.61 Å². The highest BCUT2D eigenvalue weighted by Crippen LogP contribution is 2.18. The quantitative estimate of drug-likeness (QED) is 0.619. The van der Waals surface area contributed by atoms with Crippen LogP contribution in [0.4, 0.5) is 8.78 Å². The van der Waals surface area contributed by atoms with E-state index >= 15 is 0 Å². The van der Waals surface area contributed by atoms with Crippen molar-refractivity contribution >= 4 is 12.1 Å². The summed E-state index contributed by atoms with van der Waals surface area (Å²) in [5.74, 6) is -0.229. The number of nitrogens with zero attached hydrogens (tertiary/aromatic N) is 1. The van der Waals surface area contributed by atoms with Crippen LogP contribution in [0, 0.1) is 0 Å². The van der Waals surface area contributed by atoms with Crippen molar-refractivity contribution in [2.24, 2.45) is 5.16 Å². The molecule has 0 aromatic heterocycles. The predicted octanol–water partition coefficient (Wildman–Crippen LogP) is 3.09. The number of amides is 1. The second kappa shape index (κ2) is 9.07. The van der Waals surface area contributed by atoms with Crippen LogP contribution in [-0.4, -0.2) is 31.4 Å². The van der Waals surface area contributed by atoms with Gasteiger partial charge in [-0.2, -0.15) is 8.78 Å². The summed E-state index contributed by atoms with van der Waals surface area (Å²) in [6, 6.07) is 6.42. The Balaban J connectivity index is 1.77. The molecule has 1 aliphatic carbocycles. The molecule has 1 aliphatic rings. The number of carbonyl (C=O) groups is 1. The number of nitrogens with one attached hydrogen (secondary N) is 1. The zero-order valence-electron chi connectivity index (χ0n) is 12.7. The summed E-state index contributed by atoms with van der Waals surface area (Å²) in [5.41, 5.74) is 0.348. The molecule has 1 fully saturated rings. The Labute approximate surface area is 133 Å². The van der Waals surface area contributed by atoms with Gasteiger partial charge in [0.2, 0.25) is 0 Å². The van der Waals surface area contributed by atoms with Gasteiger partial charge in [0, 0.05) is 11.6 Å². The largest absolute Gasteiger partial charge is 0.434 e. The molecule has 1 aromatic carbocycles. The molecule has 1 amide bonds. The van der Waals surface area contributed by atoms with Crippen LogP contribution in [0.5, 0.6) is 5.75 Å². The highest BCUT2D eigenvalue weighted by molar-refractivity contribution is 5.83. The van der Waals surface area contributed by atoms with E-state index in [2.05, 4.69) is 15.2 Å². The third-order valence-corrected chi connectivity index (χ3v) is 3.57. The van der Waals surface area contributed by atoms with Crippen LogP contribution in [0.2, 0.25) is 0 Å². The van der Waals surface area contributed by atoms with Gasteiger partial charge in [0.25, 0.3) is 5.91 Å². The minimum Gasteiger partial charge on any atom is -0.434 e. The number of halogens is 2. The highest BCUT2D eigenvalue weighted by atomic mass is 19.3. The van der Waals surface area contributed by atoms with Crippen LogP contribution in [0.3, 0.4) is 0 Å². The summed E-state index contributed by atoms with van der Waals surface area (Å²) in [6.45, 7) is -3.11. The fourth-order valence-corrected chi connectivity index (χ4v) is 2.50. The Morgan fingerprint density at radius 2 is 2.04 bits per heavy atom. The lowest BCUT2D eigenvalue weighted by atomic mass is 9.95. The first-order chi connectivity index (χ1) is 11.1.